The molecule has 1 aliphatic heterocycles. The predicted octanol–water partition coefficient (Wildman–Crippen LogP) is 4.69. The third-order valence-corrected chi connectivity index (χ3v) is 4.03. The largest absolute Gasteiger partial charge is 0.455 e. The number of unbranched alkanes of at least 4 members (excludes halogenated alkanes) is 3. The van der Waals surface area contributed by atoms with Crippen molar-refractivity contribution in [3.05, 3.63) is 34.0 Å². The van der Waals surface area contributed by atoms with Crippen LogP contribution in [-0.2, 0) is 19.0 Å². The molecule has 0 amide bonds. The minimum atomic E-state index is -0.199. The molecule has 130 valence electrons. The number of carbonyl (C=O) groups is 1. The van der Waals surface area contributed by atoms with Gasteiger partial charge in [-0.25, -0.2) is 4.79 Å². The fraction of sp³-hybridized carbons (Fsp3) is 0.611. The molecule has 0 spiro atoms. The molecule has 5 heteroatoms. The van der Waals surface area contributed by atoms with Crippen LogP contribution in [0.15, 0.2) is 34.0 Å². The highest BCUT2D eigenvalue weighted by atomic mass is 127. The van der Waals surface area contributed by atoms with Gasteiger partial charge in [0.15, 0.2) is 0 Å². The molecule has 0 bridgehead atoms. The maximum absolute atomic E-state index is 11.6. The van der Waals surface area contributed by atoms with Gasteiger partial charge in [0.25, 0.3) is 0 Å². The number of cyclic esters (lactones) is 1. The fourth-order valence-corrected chi connectivity index (χ4v) is 2.70. The van der Waals surface area contributed by atoms with Crippen LogP contribution in [0.25, 0.3) is 0 Å². The van der Waals surface area contributed by atoms with E-state index in [2.05, 4.69) is 44.9 Å². The Labute approximate surface area is 153 Å². The minimum absolute atomic E-state index is 0.0335. The molecular weight excluding hydrogens is 407 g/mol. The molecule has 0 saturated carbocycles. The average Bonchev–Trinajstić information content (AvgIpc) is 2.86. The Morgan fingerprint density at radius 1 is 1.35 bits per heavy atom. The van der Waals surface area contributed by atoms with E-state index < -0.39 is 0 Å². The normalized spacial score (nSPS) is 19.5. The number of methoxy groups -OCH3 is 1. The molecule has 0 fully saturated rings. The van der Waals surface area contributed by atoms with E-state index in [1.165, 1.54) is 12.8 Å². The SMILES string of the molecule is COCO[C@@H](/C=C\CCCC/C=C/I)CCC1=C[C@H](C)OC1=O. The lowest BCUT2D eigenvalue weighted by molar-refractivity contribution is -0.139. The van der Waals surface area contributed by atoms with Crippen LogP contribution >= 0.6 is 22.6 Å². The van der Waals surface area contributed by atoms with Crippen molar-refractivity contribution >= 4 is 28.6 Å². The lowest BCUT2D eigenvalue weighted by atomic mass is 10.1. The zero-order valence-corrected chi connectivity index (χ0v) is 16.2. The second-order valence-electron chi connectivity index (χ2n) is 5.53. The highest BCUT2D eigenvalue weighted by Gasteiger charge is 2.22. The zero-order chi connectivity index (χ0) is 16.9. The van der Waals surface area contributed by atoms with E-state index in [4.69, 9.17) is 14.2 Å². The first-order chi connectivity index (χ1) is 11.2. The van der Waals surface area contributed by atoms with Crippen LogP contribution in [-0.4, -0.2) is 32.1 Å². The van der Waals surface area contributed by atoms with Crippen molar-refractivity contribution in [1.29, 1.82) is 0 Å². The Balaban J connectivity index is 2.33. The van der Waals surface area contributed by atoms with Crippen molar-refractivity contribution in [2.75, 3.05) is 13.9 Å². The zero-order valence-electron chi connectivity index (χ0n) is 14.0. The van der Waals surface area contributed by atoms with Gasteiger partial charge in [0, 0.05) is 12.7 Å². The minimum Gasteiger partial charge on any atom is -0.455 e. The number of allylic oxidation sites excluding steroid dienone is 2. The van der Waals surface area contributed by atoms with E-state index in [-0.39, 0.29) is 25.0 Å². The Kier molecular flexibility index (Phi) is 11.3. The number of hydrogen-bond acceptors (Lipinski definition) is 4. The number of halogens is 1. The van der Waals surface area contributed by atoms with Crippen LogP contribution in [0.5, 0.6) is 0 Å². The number of hydrogen-bond donors (Lipinski definition) is 0. The summed E-state index contributed by atoms with van der Waals surface area (Å²) in [5, 5.41) is 0. The maximum Gasteiger partial charge on any atom is 0.334 e. The standard InChI is InChI=1S/C18H27IO4/c1-15-13-16(18(20)23-15)10-11-17(22-14-21-2)9-7-5-3-4-6-8-12-19/h7-9,12-13,15,17H,3-6,10-11,14H2,1-2H3/b9-7-,12-8+/t15-,17-/m0/s1. The number of carbonyl (C=O) groups excluding carboxylic acids is 1. The van der Waals surface area contributed by atoms with Gasteiger partial charge in [-0.3, -0.25) is 0 Å². The van der Waals surface area contributed by atoms with Gasteiger partial charge in [-0.2, -0.15) is 0 Å². The Hall–Kier alpha value is -0.660. The van der Waals surface area contributed by atoms with Crippen LogP contribution < -0.4 is 0 Å². The lowest BCUT2D eigenvalue weighted by Crippen LogP contribution is -2.13. The van der Waals surface area contributed by atoms with Crippen molar-refractivity contribution < 1.29 is 19.0 Å². The summed E-state index contributed by atoms with van der Waals surface area (Å²) in [5.74, 6) is -0.199. The summed E-state index contributed by atoms with van der Waals surface area (Å²) in [7, 11) is 1.61. The Morgan fingerprint density at radius 3 is 2.70 bits per heavy atom. The van der Waals surface area contributed by atoms with Crippen LogP contribution in [0.3, 0.4) is 0 Å². The third-order valence-electron chi connectivity index (χ3n) is 3.52. The van der Waals surface area contributed by atoms with Crippen molar-refractivity contribution in [2.45, 2.75) is 57.7 Å². The second-order valence-corrected chi connectivity index (χ2v) is 6.25. The topological polar surface area (TPSA) is 44.8 Å². The summed E-state index contributed by atoms with van der Waals surface area (Å²) in [6, 6.07) is 0. The molecule has 0 aliphatic carbocycles. The fourth-order valence-electron chi connectivity index (χ4n) is 2.34. The van der Waals surface area contributed by atoms with Crippen LogP contribution in [0.2, 0.25) is 0 Å². The van der Waals surface area contributed by atoms with Gasteiger partial charge < -0.3 is 14.2 Å². The number of esters is 1. The maximum atomic E-state index is 11.6. The van der Waals surface area contributed by atoms with Crippen LogP contribution in [0, 0.1) is 0 Å². The van der Waals surface area contributed by atoms with Crippen molar-refractivity contribution in [3.63, 3.8) is 0 Å². The van der Waals surface area contributed by atoms with Crippen molar-refractivity contribution in [1.82, 2.24) is 0 Å². The molecule has 1 aliphatic rings. The average molecular weight is 434 g/mol. The third kappa shape index (κ3) is 9.27. The summed E-state index contributed by atoms with van der Waals surface area (Å²) in [5.41, 5.74) is 0.752. The van der Waals surface area contributed by atoms with E-state index in [1.807, 2.05) is 13.0 Å². The summed E-state index contributed by atoms with van der Waals surface area (Å²) < 4.78 is 17.8. The molecule has 23 heavy (non-hydrogen) atoms. The highest BCUT2D eigenvalue weighted by Crippen LogP contribution is 2.20. The first-order valence-electron chi connectivity index (χ1n) is 8.11. The van der Waals surface area contributed by atoms with E-state index in [0.29, 0.717) is 6.42 Å². The van der Waals surface area contributed by atoms with Crippen molar-refractivity contribution in [3.8, 4) is 0 Å². The van der Waals surface area contributed by atoms with E-state index >= 15 is 0 Å². The van der Waals surface area contributed by atoms with Crippen LogP contribution in [0.1, 0.15) is 45.4 Å². The van der Waals surface area contributed by atoms with Gasteiger partial charge in [-0.05, 0) is 55.6 Å². The molecule has 0 saturated heterocycles. The molecule has 0 N–H and O–H groups in total. The number of rotatable bonds is 12. The predicted molar refractivity (Wildman–Crippen MR) is 100 cm³/mol. The molecule has 0 radical (unpaired) electrons. The molecule has 0 aromatic carbocycles. The van der Waals surface area contributed by atoms with E-state index in [1.54, 1.807) is 7.11 Å². The summed E-state index contributed by atoms with van der Waals surface area (Å²) >= 11 is 2.24. The smallest absolute Gasteiger partial charge is 0.334 e. The molecule has 1 rings (SSSR count). The number of ether oxygens (including phenoxy) is 3. The molecule has 0 unspecified atom stereocenters. The summed E-state index contributed by atoms with van der Waals surface area (Å²) in [6.45, 7) is 2.13. The Bertz CT molecular complexity index is 429. The van der Waals surface area contributed by atoms with E-state index in [9.17, 15) is 4.79 Å². The van der Waals surface area contributed by atoms with Gasteiger partial charge in [-0.15, -0.1) is 0 Å². The molecule has 0 aromatic heterocycles. The summed E-state index contributed by atoms with van der Waals surface area (Å²) in [4.78, 5) is 11.6. The first-order valence-corrected chi connectivity index (χ1v) is 9.36. The molecule has 4 nitrogen and oxygen atoms in total. The quantitative estimate of drug-likeness (QED) is 0.147. The molecule has 1 heterocycles. The van der Waals surface area contributed by atoms with Gasteiger partial charge in [0.2, 0.25) is 0 Å². The first kappa shape index (κ1) is 20.4. The van der Waals surface area contributed by atoms with Crippen molar-refractivity contribution in [2.24, 2.45) is 0 Å². The van der Waals surface area contributed by atoms with Crippen LogP contribution in [0.4, 0.5) is 0 Å². The van der Waals surface area contributed by atoms with Gasteiger partial charge in [0.05, 0.1) is 6.10 Å². The summed E-state index contributed by atoms with van der Waals surface area (Å²) in [6.07, 6.45) is 14.1. The van der Waals surface area contributed by atoms with Gasteiger partial charge in [0.1, 0.15) is 12.9 Å². The van der Waals surface area contributed by atoms with E-state index in [0.717, 1.165) is 24.8 Å². The van der Waals surface area contributed by atoms with Gasteiger partial charge in [-0.1, -0.05) is 40.8 Å². The molecule has 2 atom stereocenters. The monoisotopic (exact) mass is 434 g/mol. The molecular formula is C18H27IO4. The highest BCUT2D eigenvalue weighted by molar-refractivity contribution is 14.1. The van der Waals surface area contributed by atoms with Gasteiger partial charge >= 0.3 is 5.97 Å². The second kappa shape index (κ2) is 12.7. The Morgan fingerprint density at radius 2 is 2.09 bits per heavy atom. The lowest BCUT2D eigenvalue weighted by Gasteiger charge is -2.13. The molecule has 0 aromatic rings.